The summed E-state index contributed by atoms with van der Waals surface area (Å²) in [5.74, 6) is 0.863. The van der Waals surface area contributed by atoms with Gasteiger partial charge < -0.3 is 10.1 Å². The second-order valence-corrected chi connectivity index (χ2v) is 5.97. The van der Waals surface area contributed by atoms with E-state index in [1.165, 1.54) is 49.7 Å². The lowest BCUT2D eigenvalue weighted by Gasteiger charge is -2.11. The number of hydrogen-bond acceptors (Lipinski definition) is 2. The third-order valence-electron chi connectivity index (χ3n) is 4.29. The summed E-state index contributed by atoms with van der Waals surface area (Å²) < 4.78 is 5.84. The van der Waals surface area contributed by atoms with Gasteiger partial charge >= 0.3 is 0 Å². The Labute approximate surface area is 116 Å². The van der Waals surface area contributed by atoms with Gasteiger partial charge in [-0.25, -0.2) is 0 Å². The molecule has 2 aliphatic rings. The minimum absolute atomic E-state index is 0.541. The third-order valence-corrected chi connectivity index (χ3v) is 4.29. The second-order valence-electron chi connectivity index (χ2n) is 5.97. The minimum atomic E-state index is 0.541. The quantitative estimate of drug-likeness (QED) is 0.755. The zero-order chi connectivity index (χ0) is 12.9. The SMILES string of the molecule is c1cc(C2CC2)ccc1CNCCOC1CCCC1. The summed E-state index contributed by atoms with van der Waals surface area (Å²) in [5.41, 5.74) is 2.90. The van der Waals surface area contributed by atoms with Crippen molar-refractivity contribution in [3.05, 3.63) is 35.4 Å². The van der Waals surface area contributed by atoms with E-state index in [0.717, 1.165) is 25.6 Å². The van der Waals surface area contributed by atoms with Crippen molar-refractivity contribution in [1.29, 1.82) is 0 Å². The van der Waals surface area contributed by atoms with Gasteiger partial charge in [-0.2, -0.15) is 0 Å². The average molecular weight is 259 g/mol. The van der Waals surface area contributed by atoms with Crippen LogP contribution in [0.4, 0.5) is 0 Å². The first kappa shape index (κ1) is 13.1. The van der Waals surface area contributed by atoms with Gasteiger partial charge in [0.15, 0.2) is 0 Å². The lowest BCUT2D eigenvalue weighted by atomic mass is 10.1. The first-order valence-electron chi connectivity index (χ1n) is 7.83. The van der Waals surface area contributed by atoms with Crippen LogP contribution < -0.4 is 5.32 Å². The summed E-state index contributed by atoms with van der Waals surface area (Å²) in [7, 11) is 0. The number of hydrogen-bond donors (Lipinski definition) is 1. The monoisotopic (exact) mass is 259 g/mol. The Morgan fingerprint density at radius 2 is 1.74 bits per heavy atom. The number of ether oxygens (including phenoxy) is 1. The van der Waals surface area contributed by atoms with Crippen LogP contribution in [-0.4, -0.2) is 19.3 Å². The Hall–Kier alpha value is -0.860. The Morgan fingerprint density at radius 3 is 2.42 bits per heavy atom. The molecule has 104 valence electrons. The normalized spacial score (nSPS) is 20.0. The summed E-state index contributed by atoms with van der Waals surface area (Å²) in [4.78, 5) is 0. The molecule has 19 heavy (non-hydrogen) atoms. The van der Waals surface area contributed by atoms with E-state index in [0.29, 0.717) is 6.10 Å². The molecule has 0 unspecified atom stereocenters. The molecule has 0 heterocycles. The third kappa shape index (κ3) is 4.05. The van der Waals surface area contributed by atoms with Crippen molar-refractivity contribution < 1.29 is 4.74 Å². The van der Waals surface area contributed by atoms with Gasteiger partial charge in [-0.3, -0.25) is 0 Å². The molecule has 0 radical (unpaired) electrons. The Bertz CT molecular complexity index is 377. The highest BCUT2D eigenvalue weighted by atomic mass is 16.5. The van der Waals surface area contributed by atoms with Gasteiger partial charge in [0.2, 0.25) is 0 Å². The van der Waals surface area contributed by atoms with Gasteiger partial charge in [-0.15, -0.1) is 0 Å². The van der Waals surface area contributed by atoms with Crippen LogP contribution in [0.15, 0.2) is 24.3 Å². The molecule has 0 bridgehead atoms. The molecule has 1 aromatic carbocycles. The van der Waals surface area contributed by atoms with E-state index in [4.69, 9.17) is 4.74 Å². The topological polar surface area (TPSA) is 21.3 Å². The van der Waals surface area contributed by atoms with Gasteiger partial charge in [0.1, 0.15) is 0 Å². The van der Waals surface area contributed by atoms with Crippen LogP contribution in [0.1, 0.15) is 55.6 Å². The first-order valence-corrected chi connectivity index (χ1v) is 7.83. The Kier molecular flexibility index (Phi) is 4.52. The van der Waals surface area contributed by atoms with E-state index in [2.05, 4.69) is 29.6 Å². The Morgan fingerprint density at radius 1 is 1.00 bits per heavy atom. The Balaban J connectivity index is 1.30. The summed E-state index contributed by atoms with van der Waals surface area (Å²) in [6.07, 6.45) is 8.55. The molecule has 0 atom stereocenters. The van der Waals surface area contributed by atoms with Crippen LogP contribution in [0.5, 0.6) is 0 Å². The van der Waals surface area contributed by atoms with Crippen LogP contribution in [0.3, 0.4) is 0 Å². The van der Waals surface area contributed by atoms with Crippen molar-refractivity contribution >= 4 is 0 Å². The fourth-order valence-corrected chi connectivity index (χ4v) is 2.91. The van der Waals surface area contributed by atoms with E-state index < -0.39 is 0 Å². The molecule has 2 aliphatic carbocycles. The molecule has 2 heteroatoms. The predicted octanol–water partition coefficient (Wildman–Crippen LogP) is 3.61. The van der Waals surface area contributed by atoms with Crippen LogP contribution in [0.2, 0.25) is 0 Å². The second kappa shape index (κ2) is 6.53. The van der Waals surface area contributed by atoms with E-state index in [9.17, 15) is 0 Å². The van der Waals surface area contributed by atoms with Crippen LogP contribution in [0, 0.1) is 0 Å². The predicted molar refractivity (Wildman–Crippen MR) is 78.3 cm³/mol. The van der Waals surface area contributed by atoms with Crippen molar-refractivity contribution in [3.8, 4) is 0 Å². The highest BCUT2D eigenvalue weighted by molar-refractivity contribution is 5.27. The molecule has 1 aromatic rings. The molecule has 0 amide bonds. The van der Waals surface area contributed by atoms with Crippen molar-refractivity contribution in [2.75, 3.05) is 13.2 Å². The molecule has 0 aromatic heterocycles. The molecule has 3 rings (SSSR count). The summed E-state index contributed by atoms with van der Waals surface area (Å²) >= 11 is 0. The average Bonchev–Trinajstić information content (AvgIpc) is 3.17. The van der Waals surface area contributed by atoms with Gasteiger partial charge in [-0.1, -0.05) is 37.1 Å². The van der Waals surface area contributed by atoms with Gasteiger partial charge in [-0.05, 0) is 42.7 Å². The van der Waals surface area contributed by atoms with Crippen molar-refractivity contribution in [3.63, 3.8) is 0 Å². The summed E-state index contributed by atoms with van der Waals surface area (Å²) in [6.45, 7) is 2.77. The van der Waals surface area contributed by atoms with Crippen molar-refractivity contribution in [2.45, 2.75) is 57.1 Å². The molecule has 0 saturated heterocycles. The zero-order valence-electron chi connectivity index (χ0n) is 11.7. The van der Waals surface area contributed by atoms with Crippen LogP contribution in [-0.2, 0) is 11.3 Å². The molecule has 0 spiro atoms. The van der Waals surface area contributed by atoms with E-state index >= 15 is 0 Å². The van der Waals surface area contributed by atoms with Crippen LogP contribution in [0.25, 0.3) is 0 Å². The summed E-state index contributed by atoms with van der Waals surface area (Å²) in [5, 5.41) is 3.46. The highest BCUT2D eigenvalue weighted by Crippen LogP contribution is 2.39. The molecule has 2 saturated carbocycles. The smallest absolute Gasteiger partial charge is 0.0594 e. The summed E-state index contributed by atoms with van der Waals surface area (Å²) in [6, 6.07) is 9.12. The molecular weight excluding hydrogens is 234 g/mol. The van der Waals surface area contributed by atoms with E-state index in [1.54, 1.807) is 0 Å². The van der Waals surface area contributed by atoms with E-state index in [1.807, 2.05) is 0 Å². The van der Waals surface area contributed by atoms with Crippen LogP contribution >= 0.6 is 0 Å². The maximum atomic E-state index is 5.84. The van der Waals surface area contributed by atoms with Gasteiger partial charge in [0, 0.05) is 13.1 Å². The fraction of sp³-hybridized carbons (Fsp3) is 0.647. The first-order chi connectivity index (χ1) is 9.42. The lowest BCUT2D eigenvalue weighted by Crippen LogP contribution is -2.21. The maximum absolute atomic E-state index is 5.84. The molecule has 0 aliphatic heterocycles. The number of benzene rings is 1. The fourth-order valence-electron chi connectivity index (χ4n) is 2.91. The maximum Gasteiger partial charge on any atom is 0.0594 e. The minimum Gasteiger partial charge on any atom is -0.377 e. The molecule has 2 nitrogen and oxygen atoms in total. The highest BCUT2D eigenvalue weighted by Gasteiger charge is 2.22. The zero-order valence-corrected chi connectivity index (χ0v) is 11.7. The van der Waals surface area contributed by atoms with Crippen molar-refractivity contribution in [2.24, 2.45) is 0 Å². The molecule has 1 N–H and O–H groups in total. The largest absolute Gasteiger partial charge is 0.377 e. The molecular formula is C17H25NO. The number of rotatable bonds is 7. The van der Waals surface area contributed by atoms with Gasteiger partial charge in [0.05, 0.1) is 12.7 Å². The van der Waals surface area contributed by atoms with Crippen molar-refractivity contribution in [1.82, 2.24) is 5.32 Å². The van der Waals surface area contributed by atoms with Gasteiger partial charge in [0.25, 0.3) is 0 Å². The van der Waals surface area contributed by atoms with E-state index in [-0.39, 0.29) is 0 Å². The standard InChI is InChI=1S/C17H25NO/c1-2-4-17(3-1)19-12-11-18-13-14-5-7-15(8-6-14)16-9-10-16/h5-8,16-18H,1-4,9-13H2. The lowest BCUT2D eigenvalue weighted by molar-refractivity contribution is 0.0603. The number of nitrogens with one attached hydrogen (secondary N) is 1. The molecule has 2 fully saturated rings.